The second-order valence-corrected chi connectivity index (χ2v) is 6.58. The molecular weight excluding hydrogens is 272 g/mol. The number of hydrogen-bond acceptors (Lipinski definition) is 2. The number of likely N-dealkylation sites (tertiary alicyclic amines) is 1. The number of aliphatic imine (C=N–C) groups is 1. The van der Waals surface area contributed by atoms with Crippen LogP contribution in [0.15, 0.2) is 23.2 Å². The lowest BCUT2D eigenvalue weighted by molar-refractivity contribution is 0.118. The van der Waals surface area contributed by atoms with E-state index in [-0.39, 0.29) is 0 Å². The van der Waals surface area contributed by atoms with Gasteiger partial charge in [-0.05, 0) is 70.3 Å². The number of hydrogen-bond donors (Lipinski definition) is 2. The van der Waals surface area contributed by atoms with Crippen molar-refractivity contribution in [1.82, 2.24) is 4.90 Å². The molecule has 1 heterocycles. The number of rotatable bonds is 4. The number of guanidine groups is 1. The van der Waals surface area contributed by atoms with Crippen LogP contribution in [0, 0.1) is 13.8 Å². The van der Waals surface area contributed by atoms with Crippen LogP contribution in [0.25, 0.3) is 0 Å². The Balaban J connectivity index is 1.90. The highest BCUT2D eigenvalue weighted by molar-refractivity contribution is 5.92. The summed E-state index contributed by atoms with van der Waals surface area (Å²) in [4.78, 5) is 7.07. The van der Waals surface area contributed by atoms with E-state index in [1.165, 1.54) is 36.9 Å². The molecule has 122 valence electrons. The van der Waals surface area contributed by atoms with E-state index in [0.29, 0.717) is 18.0 Å². The van der Waals surface area contributed by atoms with Gasteiger partial charge in [0.25, 0.3) is 0 Å². The van der Waals surface area contributed by atoms with Crippen LogP contribution in [-0.2, 0) is 0 Å². The minimum Gasteiger partial charge on any atom is -0.370 e. The van der Waals surface area contributed by atoms with E-state index in [4.69, 9.17) is 5.73 Å². The quantitative estimate of drug-likeness (QED) is 0.663. The van der Waals surface area contributed by atoms with Crippen molar-refractivity contribution in [2.75, 3.05) is 18.4 Å². The highest BCUT2D eigenvalue weighted by atomic mass is 15.2. The summed E-state index contributed by atoms with van der Waals surface area (Å²) >= 11 is 0. The standard InChI is InChI=1S/C18H30N4/c1-13-8-9-17(11-14(13)2)21-18(19)20-12-16(4)22-10-6-5-7-15(22)3/h8-9,11,15-16H,5-7,10,12H2,1-4H3,(H3,19,20,21). The van der Waals surface area contributed by atoms with Crippen LogP contribution < -0.4 is 11.1 Å². The van der Waals surface area contributed by atoms with E-state index in [0.717, 1.165) is 12.2 Å². The normalized spacial score (nSPS) is 21.6. The summed E-state index contributed by atoms with van der Waals surface area (Å²) in [6, 6.07) is 7.35. The first-order chi connectivity index (χ1) is 10.5. The fraction of sp³-hybridized carbons (Fsp3) is 0.611. The van der Waals surface area contributed by atoms with Gasteiger partial charge in [-0.2, -0.15) is 0 Å². The first-order valence-electron chi connectivity index (χ1n) is 8.37. The van der Waals surface area contributed by atoms with Crippen LogP contribution >= 0.6 is 0 Å². The molecule has 1 aliphatic heterocycles. The van der Waals surface area contributed by atoms with Crippen molar-refractivity contribution in [3.8, 4) is 0 Å². The molecule has 2 rings (SSSR count). The van der Waals surface area contributed by atoms with Crippen molar-refractivity contribution in [2.45, 2.75) is 59.0 Å². The molecule has 0 aliphatic carbocycles. The molecule has 4 nitrogen and oxygen atoms in total. The second-order valence-electron chi connectivity index (χ2n) is 6.58. The molecule has 0 saturated carbocycles. The van der Waals surface area contributed by atoms with E-state index in [1.807, 2.05) is 6.07 Å². The third-order valence-corrected chi connectivity index (χ3v) is 4.73. The maximum absolute atomic E-state index is 6.03. The van der Waals surface area contributed by atoms with Crippen LogP contribution in [0.5, 0.6) is 0 Å². The van der Waals surface area contributed by atoms with Crippen LogP contribution in [-0.4, -0.2) is 36.0 Å². The topological polar surface area (TPSA) is 53.6 Å². The van der Waals surface area contributed by atoms with Gasteiger partial charge in [0.15, 0.2) is 5.96 Å². The molecule has 3 N–H and O–H groups in total. The molecular formula is C18H30N4. The monoisotopic (exact) mass is 302 g/mol. The van der Waals surface area contributed by atoms with E-state index < -0.39 is 0 Å². The summed E-state index contributed by atoms with van der Waals surface area (Å²) in [5.41, 5.74) is 9.57. The number of aryl methyl sites for hydroxylation is 2. The van der Waals surface area contributed by atoms with Gasteiger partial charge in [0, 0.05) is 17.8 Å². The predicted octanol–water partition coefficient (Wildman–Crippen LogP) is 3.29. The van der Waals surface area contributed by atoms with Gasteiger partial charge in [-0.1, -0.05) is 12.5 Å². The number of nitrogens with two attached hydrogens (primary N) is 1. The summed E-state index contributed by atoms with van der Waals surface area (Å²) in [5, 5.41) is 3.19. The van der Waals surface area contributed by atoms with Crippen LogP contribution in [0.2, 0.25) is 0 Å². The fourth-order valence-electron chi connectivity index (χ4n) is 3.12. The molecule has 0 amide bonds. The number of piperidine rings is 1. The second kappa shape index (κ2) is 7.63. The van der Waals surface area contributed by atoms with Crippen molar-refractivity contribution < 1.29 is 0 Å². The smallest absolute Gasteiger partial charge is 0.193 e. The highest BCUT2D eigenvalue weighted by Gasteiger charge is 2.22. The minimum absolute atomic E-state index is 0.440. The Kier molecular flexibility index (Phi) is 5.83. The SMILES string of the molecule is Cc1ccc(NC(N)=NCC(C)N2CCCCC2C)cc1C. The van der Waals surface area contributed by atoms with Gasteiger partial charge < -0.3 is 11.1 Å². The Morgan fingerprint density at radius 2 is 2.14 bits per heavy atom. The maximum atomic E-state index is 6.03. The molecule has 0 bridgehead atoms. The largest absolute Gasteiger partial charge is 0.370 e. The van der Waals surface area contributed by atoms with Gasteiger partial charge in [0.2, 0.25) is 0 Å². The highest BCUT2D eigenvalue weighted by Crippen LogP contribution is 2.19. The van der Waals surface area contributed by atoms with Gasteiger partial charge in [-0.25, -0.2) is 0 Å². The van der Waals surface area contributed by atoms with Crippen LogP contribution in [0.3, 0.4) is 0 Å². The molecule has 22 heavy (non-hydrogen) atoms. The zero-order valence-corrected chi connectivity index (χ0v) is 14.4. The van der Waals surface area contributed by atoms with E-state index in [2.05, 4.69) is 55.0 Å². The third-order valence-electron chi connectivity index (χ3n) is 4.73. The van der Waals surface area contributed by atoms with Gasteiger partial charge in [-0.15, -0.1) is 0 Å². The molecule has 0 aromatic heterocycles. The molecule has 0 radical (unpaired) electrons. The Hall–Kier alpha value is -1.55. The average molecular weight is 302 g/mol. The molecule has 2 atom stereocenters. The molecule has 1 aromatic rings. The van der Waals surface area contributed by atoms with Crippen molar-refractivity contribution in [3.63, 3.8) is 0 Å². The Bertz CT molecular complexity index is 524. The van der Waals surface area contributed by atoms with Crippen LogP contribution in [0.4, 0.5) is 5.69 Å². The van der Waals surface area contributed by atoms with E-state index in [1.54, 1.807) is 0 Å². The summed E-state index contributed by atoms with van der Waals surface area (Å²) < 4.78 is 0. The zero-order chi connectivity index (χ0) is 16.1. The average Bonchev–Trinajstić information content (AvgIpc) is 2.49. The molecule has 1 saturated heterocycles. The zero-order valence-electron chi connectivity index (χ0n) is 14.4. The number of anilines is 1. The van der Waals surface area contributed by atoms with Crippen molar-refractivity contribution in [1.29, 1.82) is 0 Å². The first-order valence-corrected chi connectivity index (χ1v) is 8.37. The number of nitrogens with one attached hydrogen (secondary N) is 1. The minimum atomic E-state index is 0.440. The fourth-order valence-corrected chi connectivity index (χ4v) is 3.12. The summed E-state index contributed by atoms with van der Waals surface area (Å²) in [6.45, 7) is 10.7. The molecule has 4 heteroatoms. The van der Waals surface area contributed by atoms with Crippen molar-refractivity contribution in [3.05, 3.63) is 29.3 Å². The number of benzene rings is 1. The Morgan fingerprint density at radius 3 is 2.82 bits per heavy atom. The molecule has 1 aromatic carbocycles. The lowest BCUT2D eigenvalue weighted by Crippen LogP contribution is -2.45. The maximum Gasteiger partial charge on any atom is 0.193 e. The summed E-state index contributed by atoms with van der Waals surface area (Å²) in [6.07, 6.45) is 3.95. The molecule has 1 fully saturated rings. The predicted molar refractivity (Wildman–Crippen MR) is 95.5 cm³/mol. The van der Waals surface area contributed by atoms with Gasteiger partial charge in [0.05, 0.1) is 6.54 Å². The van der Waals surface area contributed by atoms with Gasteiger partial charge in [0.1, 0.15) is 0 Å². The van der Waals surface area contributed by atoms with E-state index >= 15 is 0 Å². The number of nitrogens with zero attached hydrogens (tertiary/aromatic N) is 2. The van der Waals surface area contributed by atoms with Crippen molar-refractivity contribution in [2.24, 2.45) is 10.7 Å². The lowest BCUT2D eigenvalue weighted by Gasteiger charge is -2.37. The first kappa shape index (κ1) is 16.8. The van der Waals surface area contributed by atoms with Gasteiger partial charge in [-0.3, -0.25) is 9.89 Å². The molecule has 0 spiro atoms. The van der Waals surface area contributed by atoms with Gasteiger partial charge >= 0.3 is 0 Å². The Morgan fingerprint density at radius 1 is 1.36 bits per heavy atom. The van der Waals surface area contributed by atoms with E-state index in [9.17, 15) is 0 Å². The Labute approximate surface area is 134 Å². The van der Waals surface area contributed by atoms with Crippen molar-refractivity contribution >= 4 is 11.6 Å². The summed E-state index contributed by atoms with van der Waals surface area (Å²) in [7, 11) is 0. The lowest BCUT2D eigenvalue weighted by atomic mass is 10.0. The van der Waals surface area contributed by atoms with Crippen LogP contribution in [0.1, 0.15) is 44.2 Å². The summed E-state index contributed by atoms with van der Waals surface area (Å²) in [5.74, 6) is 0.500. The third kappa shape index (κ3) is 4.47. The molecule has 2 unspecified atom stereocenters. The molecule has 1 aliphatic rings.